The van der Waals surface area contributed by atoms with E-state index in [4.69, 9.17) is 0 Å². The molecule has 1 aromatic carbocycles. The zero-order valence-electron chi connectivity index (χ0n) is 11.5. The second-order valence-electron chi connectivity index (χ2n) is 5.17. The van der Waals surface area contributed by atoms with Gasteiger partial charge in [0.2, 0.25) is 0 Å². The van der Waals surface area contributed by atoms with Crippen molar-refractivity contribution in [1.82, 2.24) is 4.98 Å². The molecule has 21 heavy (non-hydrogen) atoms. The molecule has 1 aromatic heterocycles. The van der Waals surface area contributed by atoms with Crippen LogP contribution in [0, 0.1) is 6.92 Å². The molecule has 0 aliphatic carbocycles. The maximum absolute atomic E-state index is 13.1. The normalized spacial score (nSPS) is 16.1. The predicted molar refractivity (Wildman–Crippen MR) is 71.8 cm³/mol. The van der Waals surface area contributed by atoms with Crippen molar-refractivity contribution in [3.8, 4) is 0 Å². The second kappa shape index (κ2) is 4.48. The van der Waals surface area contributed by atoms with E-state index < -0.39 is 21.6 Å². The standard InChI is InChI=1S/C13H14F3NO3S/c1-7-11(12(2,18)13(14,15)16)9-6-8(21(3,19)20)4-5-10(9)17-7/h4-6,17-18H,1-3H3. The van der Waals surface area contributed by atoms with Crippen LogP contribution in [0.15, 0.2) is 23.1 Å². The molecule has 8 heteroatoms. The second-order valence-corrected chi connectivity index (χ2v) is 7.19. The topological polar surface area (TPSA) is 70.2 Å². The molecule has 0 amide bonds. The number of H-pyrrole nitrogens is 1. The molecule has 1 unspecified atom stereocenters. The Labute approximate surface area is 119 Å². The number of benzene rings is 1. The van der Waals surface area contributed by atoms with Gasteiger partial charge < -0.3 is 10.1 Å². The largest absolute Gasteiger partial charge is 0.421 e. The summed E-state index contributed by atoms with van der Waals surface area (Å²) in [4.78, 5) is 2.63. The summed E-state index contributed by atoms with van der Waals surface area (Å²) in [5, 5.41) is 9.93. The van der Waals surface area contributed by atoms with Gasteiger partial charge in [-0.15, -0.1) is 0 Å². The highest BCUT2D eigenvalue weighted by atomic mass is 32.2. The van der Waals surface area contributed by atoms with Crippen molar-refractivity contribution < 1.29 is 26.7 Å². The van der Waals surface area contributed by atoms with Gasteiger partial charge in [-0.1, -0.05) is 0 Å². The molecule has 1 atom stereocenters. The molecule has 0 spiro atoms. The van der Waals surface area contributed by atoms with Crippen molar-refractivity contribution in [3.05, 3.63) is 29.5 Å². The van der Waals surface area contributed by atoms with Crippen LogP contribution in [-0.2, 0) is 15.4 Å². The van der Waals surface area contributed by atoms with Crippen LogP contribution in [-0.4, -0.2) is 30.9 Å². The zero-order valence-corrected chi connectivity index (χ0v) is 12.4. The van der Waals surface area contributed by atoms with E-state index in [9.17, 15) is 26.7 Å². The lowest BCUT2D eigenvalue weighted by Crippen LogP contribution is -2.39. The maximum Gasteiger partial charge on any atom is 0.421 e. The predicted octanol–water partition coefficient (Wildman–Crippen LogP) is 2.65. The van der Waals surface area contributed by atoms with Crippen molar-refractivity contribution in [2.75, 3.05) is 6.26 Å². The third-order valence-electron chi connectivity index (χ3n) is 3.42. The lowest BCUT2D eigenvalue weighted by atomic mass is 9.92. The molecule has 4 nitrogen and oxygen atoms in total. The van der Waals surface area contributed by atoms with Crippen LogP contribution in [0.2, 0.25) is 0 Å². The first-order chi connectivity index (χ1) is 9.35. The van der Waals surface area contributed by atoms with Gasteiger partial charge in [0.1, 0.15) is 0 Å². The Kier molecular flexibility index (Phi) is 3.38. The Morgan fingerprint density at radius 1 is 1.24 bits per heavy atom. The van der Waals surface area contributed by atoms with Crippen molar-refractivity contribution in [1.29, 1.82) is 0 Å². The maximum atomic E-state index is 13.1. The quantitative estimate of drug-likeness (QED) is 0.893. The number of hydrogen-bond donors (Lipinski definition) is 2. The number of nitrogens with one attached hydrogen (secondary N) is 1. The zero-order chi connectivity index (χ0) is 16.2. The average molecular weight is 321 g/mol. The summed E-state index contributed by atoms with van der Waals surface area (Å²) >= 11 is 0. The summed E-state index contributed by atoms with van der Waals surface area (Å²) in [5.41, 5.74) is -2.97. The summed E-state index contributed by atoms with van der Waals surface area (Å²) in [7, 11) is -3.56. The summed E-state index contributed by atoms with van der Waals surface area (Å²) in [6.07, 6.45) is -3.91. The molecule has 116 valence electrons. The lowest BCUT2D eigenvalue weighted by molar-refractivity contribution is -0.258. The summed E-state index contributed by atoms with van der Waals surface area (Å²) < 4.78 is 62.3. The summed E-state index contributed by atoms with van der Waals surface area (Å²) in [6.45, 7) is 2.05. The molecule has 0 saturated heterocycles. The number of aliphatic hydroxyl groups is 1. The van der Waals surface area contributed by atoms with Crippen molar-refractivity contribution >= 4 is 20.7 Å². The van der Waals surface area contributed by atoms with Gasteiger partial charge in [0, 0.05) is 28.4 Å². The Hall–Kier alpha value is -1.54. The van der Waals surface area contributed by atoms with Gasteiger partial charge in [-0.3, -0.25) is 0 Å². The van der Waals surface area contributed by atoms with Crippen LogP contribution in [0.1, 0.15) is 18.2 Å². The van der Waals surface area contributed by atoms with E-state index in [1.165, 1.54) is 19.1 Å². The van der Waals surface area contributed by atoms with E-state index in [1.807, 2.05) is 0 Å². The number of rotatable bonds is 2. The van der Waals surface area contributed by atoms with E-state index in [2.05, 4.69) is 4.98 Å². The van der Waals surface area contributed by atoms with Gasteiger partial charge >= 0.3 is 6.18 Å². The molecule has 1 heterocycles. The first-order valence-electron chi connectivity index (χ1n) is 5.97. The molecule has 2 aromatic rings. The molecule has 2 rings (SSSR count). The molecule has 0 saturated carbocycles. The van der Waals surface area contributed by atoms with E-state index in [0.29, 0.717) is 12.4 Å². The summed E-state index contributed by atoms with van der Waals surface area (Å²) in [6, 6.07) is 3.83. The van der Waals surface area contributed by atoms with Crippen molar-refractivity contribution in [3.63, 3.8) is 0 Å². The Bertz CT molecular complexity index is 804. The van der Waals surface area contributed by atoms with Gasteiger partial charge in [0.05, 0.1) is 4.90 Å². The highest BCUT2D eigenvalue weighted by Gasteiger charge is 2.53. The summed E-state index contributed by atoms with van der Waals surface area (Å²) in [5.74, 6) is 0. The first-order valence-corrected chi connectivity index (χ1v) is 7.87. The molecular formula is C13H14F3NO3S. The third-order valence-corrected chi connectivity index (χ3v) is 4.53. The van der Waals surface area contributed by atoms with Gasteiger partial charge in [0.25, 0.3) is 0 Å². The number of hydrogen-bond acceptors (Lipinski definition) is 3. The van der Waals surface area contributed by atoms with Crippen LogP contribution < -0.4 is 0 Å². The third kappa shape index (κ3) is 2.53. The highest BCUT2D eigenvalue weighted by Crippen LogP contribution is 2.43. The number of aryl methyl sites for hydroxylation is 1. The minimum atomic E-state index is -4.88. The Balaban J connectivity index is 2.84. The SMILES string of the molecule is Cc1[nH]c2ccc(S(C)(=O)=O)cc2c1C(C)(O)C(F)(F)F. The van der Waals surface area contributed by atoms with E-state index in [1.54, 1.807) is 0 Å². The number of alkyl halides is 3. The van der Waals surface area contributed by atoms with Gasteiger partial charge in [-0.05, 0) is 32.0 Å². The number of halogens is 3. The average Bonchev–Trinajstić information content (AvgIpc) is 2.61. The smallest absolute Gasteiger partial charge is 0.376 e. The van der Waals surface area contributed by atoms with Gasteiger partial charge in [-0.2, -0.15) is 13.2 Å². The van der Waals surface area contributed by atoms with Crippen LogP contribution >= 0.6 is 0 Å². The molecule has 0 aliphatic heterocycles. The number of aromatic nitrogens is 1. The fraction of sp³-hybridized carbons (Fsp3) is 0.385. The number of fused-ring (bicyclic) bond motifs is 1. The van der Waals surface area contributed by atoms with E-state index >= 15 is 0 Å². The van der Waals surface area contributed by atoms with E-state index in [-0.39, 0.29) is 21.5 Å². The minimum absolute atomic E-state index is 0.0396. The van der Waals surface area contributed by atoms with Crippen LogP contribution in [0.5, 0.6) is 0 Å². The van der Waals surface area contributed by atoms with Gasteiger partial charge in [-0.25, -0.2) is 8.42 Å². The fourth-order valence-electron chi connectivity index (χ4n) is 2.31. The lowest BCUT2D eigenvalue weighted by Gasteiger charge is -2.27. The molecule has 0 radical (unpaired) electrons. The van der Waals surface area contributed by atoms with Crippen LogP contribution in [0.4, 0.5) is 13.2 Å². The molecule has 0 bridgehead atoms. The van der Waals surface area contributed by atoms with Crippen molar-refractivity contribution in [2.45, 2.75) is 30.5 Å². The Morgan fingerprint density at radius 2 is 1.81 bits per heavy atom. The van der Waals surface area contributed by atoms with E-state index in [0.717, 1.165) is 12.3 Å². The van der Waals surface area contributed by atoms with Crippen LogP contribution in [0.25, 0.3) is 10.9 Å². The molecule has 0 aliphatic rings. The number of sulfone groups is 1. The number of aromatic amines is 1. The van der Waals surface area contributed by atoms with Crippen molar-refractivity contribution in [2.24, 2.45) is 0 Å². The fourth-order valence-corrected chi connectivity index (χ4v) is 2.95. The minimum Gasteiger partial charge on any atom is -0.376 e. The molecular weight excluding hydrogens is 307 g/mol. The van der Waals surface area contributed by atoms with Gasteiger partial charge in [0.15, 0.2) is 15.4 Å². The molecule has 0 fully saturated rings. The first kappa shape index (κ1) is 15.8. The monoisotopic (exact) mass is 321 g/mol. The highest BCUT2D eigenvalue weighted by molar-refractivity contribution is 7.90. The molecule has 2 N–H and O–H groups in total. The Morgan fingerprint density at radius 3 is 2.29 bits per heavy atom. The van der Waals surface area contributed by atoms with Crippen LogP contribution in [0.3, 0.4) is 0 Å².